The van der Waals surface area contributed by atoms with Crippen molar-refractivity contribution in [3.05, 3.63) is 223 Å². The zero-order valence-corrected chi connectivity index (χ0v) is 103. The number of rotatable bonds is 29. The number of benzene rings is 12. The Morgan fingerprint density at radius 2 is 1.02 bits per heavy atom. The quantitative estimate of drug-likeness (QED) is 0.00539. The van der Waals surface area contributed by atoms with Crippen LogP contribution in [0, 0.1) is 36.5 Å². The maximum absolute atomic E-state index is 12.8. The van der Waals surface area contributed by atoms with E-state index in [0.717, 1.165) is 53.9 Å². The van der Waals surface area contributed by atoms with Crippen molar-refractivity contribution in [2.45, 2.75) is 74.8 Å². The van der Waals surface area contributed by atoms with Gasteiger partial charge in [-0.2, -0.15) is 29.4 Å². The Morgan fingerprint density at radius 3 is 1.54 bits per heavy atom. The summed E-state index contributed by atoms with van der Waals surface area (Å²) in [6.07, 6.45) is 1.65. The van der Waals surface area contributed by atoms with E-state index in [0.29, 0.717) is 152 Å². The fourth-order valence-corrected chi connectivity index (χ4v) is 16.7. The molecule has 1 aromatic heterocycles. The molecule has 12 aromatic carbocycles. The van der Waals surface area contributed by atoms with Crippen LogP contribution in [0.1, 0.15) is 54.0 Å². The van der Waals surface area contributed by atoms with E-state index in [2.05, 4.69) is 92.1 Å². The molecule has 0 atom stereocenters. The second kappa shape index (κ2) is 61.1. The molecule has 738 valence electrons. The number of carbonyl (C=O) groups excluding carboxylic acids is 2. The Hall–Kier alpha value is -5.51. The first-order valence-corrected chi connectivity index (χ1v) is 48.9. The molecule has 0 bridgehead atoms. The van der Waals surface area contributed by atoms with E-state index in [4.69, 9.17) is 15.5 Å². The van der Waals surface area contributed by atoms with E-state index >= 15 is 0 Å². The molecule has 1 aliphatic heterocycles. The number of sulfonamides is 1. The molecule has 2 amide bonds. The van der Waals surface area contributed by atoms with Crippen LogP contribution in [0.25, 0.3) is 43.7 Å². The molecule has 0 saturated heterocycles. The summed E-state index contributed by atoms with van der Waals surface area (Å²) in [6, 6.07) is 48.8. The van der Waals surface area contributed by atoms with Gasteiger partial charge in [0, 0.05) is 114 Å². The molecule has 2 heterocycles. The van der Waals surface area contributed by atoms with E-state index in [1.54, 1.807) is 74.5 Å². The molecule has 0 aliphatic carbocycles. The number of aliphatic imine (C=N–C) groups is 1. The summed E-state index contributed by atoms with van der Waals surface area (Å²) in [5, 5.41) is 134. The van der Waals surface area contributed by atoms with E-state index in [-0.39, 0.29) is 363 Å². The van der Waals surface area contributed by atoms with Crippen molar-refractivity contribution in [3.8, 4) is 52.3 Å². The van der Waals surface area contributed by atoms with Gasteiger partial charge in [-0.05, 0) is 219 Å². The standard InChI is InChI=1S/C31H27N9O7S2.C18H17N3O6S2.C18H15N3O6S.C16H12N2O11S3.2Cu.2K.5Na/c1-19-15-24(39(13-3-11-32)14-4-12-33)9-10-27(19)35-28-20(2)37-40-30(28)36-29(38-40)21-5-7-23(8-6-21)34-31(41)22-16-25(48(42,43)44)18-26(17-22)49(45,46)47;1-11-10-16(20-19-12-6-8-13(9-7-12)29(25,26)27)17-14(18(11)22)4-3-5-15(17)21-28(2,23)24;1-10(22)19-12-3-5-14-11(8-12)2-6-15(18(14)24)20-21-16-9-13(28-27-26-25)4-7-17(16)23;19-13-4-1-9(30-29-28-21)7-12(13)17-18-15-11-3-2-10(31(22,23)24)5-8(11)6-14(16(15)20)32(25,26)27;;;;;;;;;/h5-10,15-18H,3-4,13-14H2,1-2H3,(H,34,41)(H,42,43,44)(H,45,46,47);3-10,21-22H,1-2H3,(H,25,26,27);2-9,23-25H,1H3,(H,19,22);1-7,19-21H,(H,22,23,24)(H,25,26,27);;;;;;;;;/q;;;;;;7*+1/p-7. The predicted molar refractivity (Wildman–Crippen MR) is 484 cm³/mol. The van der Waals surface area contributed by atoms with Crippen LogP contribution < -0.4 is 281 Å². The molecule has 2 radical (unpaired) electrons. The van der Waals surface area contributed by atoms with E-state index in [9.17, 15) is 119 Å². The molecule has 147 heavy (non-hydrogen) atoms. The molecule has 0 unspecified atom stereocenters. The number of aromatic nitrogens is 3. The largest absolute Gasteiger partial charge is 1.00 e. The Morgan fingerprint density at radius 1 is 0.497 bits per heavy atom. The summed E-state index contributed by atoms with van der Waals surface area (Å²) in [6.45, 7) is 7.75. The van der Waals surface area contributed by atoms with Gasteiger partial charge in [-0.15, -0.1) is 35.5 Å². The summed E-state index contributed by atoms with van der Waals surface area (Å²) in [4.78, 5) is 33.1. The average Bonchev–Trinajstić information content (AvgIpc) is 1.74. The monoisotopic (exact) mass is 2350 g/mol. The smallest absolute Gasteiger partial charge is 0.744 e. The zero-order chi connectivity index (χ0) is 101. The van der Waals surface area contributed by atoms with Gasteiger partial charge in [0.2, 0.25) is 21.8 Å². The first kappa shape index (κ1) is 138. The number of nitrogens with zero attached hydrogens (tertiary/aromatic N) is 14. The van der Waals surface area contributed by atoms with Gasteiger partial charge in [0.05, 0.1) is 108 Å². The molecule has 13 aromatic rings. The third-order valence-electron chi connectivity index (χ3n) is 18.9. The number of aryl methyl sites for hydroxylation is 2. The van der Waals surface area contributed by atoms with Gasteiger partial charge in [0.1, 0.15) is 96.3 Å². The van der Waals surface area contributed by atoms with Gasteiger partial charge in [0.25, 0.3) is 5.91 Å². The molecule has 0 spiro atoms. The van der Waals surface area contributed by atoms with Crippen molar-refractivity contribution >= 4 is 203 Å². The SMILES string of the molecule is CC(=O)Nc1ccc2c(O)c(N=Nc3cc(SOO[O-])ccc3O)ccc2c1.CC1=Nn2nc(-c3ccc(NC(=O)c4cc(S(=O)(=O)[O-])cc(S(=O)(=O)[O-])c4)cc3)nc2C1=Nc1ccc(N(CCC#N)CCC#N)cc1C.Cc1cc(N=Nc2ccc(S(=O)(=O)[O-])cc2)c2c(NS(C)(=O)=O)cccc2c1O.O=S(=O)([O-])c1ccc2c(N=Nc3cc(SOO[O-])ccc3O)c(O)c(S(=O)(=O)[O-])cc2c1.[Cu].[Cu].[K+].[K+].[Na+].[Na+].[Na+].[Na+].[Na+]. The van der Waals surface area contributed by atoms with Crippen molar-refractivity contribution < 1.29 is 422 Å². The van der Waals surface area contributed by atoms with Gasteiger partial charge in [-0.1, -0.05) is 24.3 Å². The van der Waals surface area contributed by atoms with Crippen LogP contribution in [0.3, 0.4) is 0 Å². The molecule has 0 saturated carbocycles. The molecule has 14 rings (SSSR count). The maximum Gasteiger partial charge on any atom is 1.00 e. The fourth-order valence-electron chi connectivity index (χ4n) is 12.6. The topological polar surface area (TPSA) is 755 Å². The number of hydrogen-bond donors (Lipinski definition) is 8. The number of aromatic hydroxyl groups is 5. The number of phenolic OH excluding ortho intramolecular Hbond substituents is 5. The van der Waals surface area contributed by atoms with Crippen LogP contribution in [0.15, 0.2) is 275 Å². The third kappa shape index (κ3) is 38.5. The van der Waals surface area contributed by atoms with Gasteiger partial charge in [-0.25, -0.2) is 60.5 Å². The van der Waals surface area contributed by atoms with Crippen LogP contribution in [0.2, 0.25) is 0 Å². The number of hydrogen-bond acceptors (Lipinski definition) is 45. The van der Waals surface area contributed by atoms with Gasteiger partial charge in [0.15, 0.2) is 17.3 Å². The van der Waals surface area contributed by atoms with E-state index < -0.39 is 109 Å². The van der Waals surface area contributed by atoms with E-state index in [1.807, 2.05) is 30.0 Å². The number of carbonyl (C=O) groups is 2. The summed E-state index contributed by atoms with van der Waals surface area (Å²) in [7, 11) is -28.7. The number of fused-ring (bicyclic) bond motifs is 4. The predicted octanol–water partition coefficient (Wildman–Crippen LogP) is -8.57. The van der Waals surface area contributed by atoms with Gasteiger partial charge in [-0.3, -0.25) is 24.4 Å². The Labute approximate surface area is 1060 Å². The molecular formula is C83H64Cu2K2N17Na5O30S8. The van der Waals surface area contributed by atoms with Crippen molar-refractivity contribution in [2.24, 2.45) is 40.8 Å². The summed E-state index contributed by atoms with van der Waals surface area (Å²) in [5.41, 5.74) is 5.19. The van der Waals surface area contributed by atoms with Crippen LogP contribution in [-0.2, 0) is 118 Å². The minimum absolute atomic E-state index is 0. The third-order valence-corrected chi connectivity index (χ3v) is 24.8. The first-order valence-electron chi connectivity index (χ1n) is 38.4. The number of nitrogens with one attached hydrogen (secondary N) is 3. The van der Waals surface area contributed by atoms with Crippen molar-refractivity contribution in [2.75, 3.05) is 39.6 Å². The second-order valence-electron chi connectivity index (χ2n) is 28.6. The van der Waals surface area contributed by atoms with Gasteiger partial charge >= 0.3 is 251 Å². The first-order chi connectivity index (χ1) is 65.0. The summed E-state index contributed by atoms with van der Waals surface area (Å²) in [5.74, 6) is -2.20. The Bertz CT molecular complexity index is 7980. The van der Waals surface area contributed by atoms with E-state index in [1.165, 1.54) is 72.4 Å². The number of phenols is 5. The van der Waals surface area contributed by atoms with Crippen molar-refractivity contribution in [1.29, 1.82) is 10.5 Å². The minimum Gasteiger partial charge on any atom is -0.744 e. The normalized spacial score (nSPS) is 11.8. The Balaban J connectivity index is 0.000000667. The minimum atomic E-state index is -5.25. The molecule has 1 aliphatic rings. The van der Waals surface area contributed by atoms with Crippen LogP contribution in [-0.4, -0.2) is 156 Å². The molecule has 64 heteroatoms. The zero-order valence-electron chi connectivity index (χ0n) is 78.5. The molecule has 8 N–H and O–H groups in total. The van der Waals surface area contributed by atoms with Crippen molar-refractivity contribution in [1.82, 2.24) is 14.9 Å². The molecule has 0 fully saturated rings. The van der Waals surface area contributed by atoms with Crippen LogP contribution in [0.5, 0.6) is 28.7 Å². The Kier molecular flexibility index (Phi) is 57.2. The fraction of sp³-hybridized carbons (Fsp3) is 0.108. The molecular weight excluding hydrogens is 2290 g/mol. The van der Waals surface area contributed by atoms with Crippen molar-refractivity contribution in [3.63, 3.8) is 0 Å². The summed E-state index contributed by atoms with van der Waals surface area (Å²) < 4.78 is 204. The number of nitriles is 2. The number of amides is 2. The van der Waals surface area contributed by atoms with Gasteiger partial charge < -0.3 is 74.3 Å². The van der Waals surface area contributed by atoms with Crippen LogP contribution >= 0.6 is 24.1 Å². The second-order valence-corrected chi connectivity index (χ2v) is 38.7. The number of azo groups is 3. The average molecular weight is 2360 g/mol. The maximum atomic E-state index is 12.8. The molecule has 47 nitrogen and oxygen atoms in total. The van der Waals surface area contributed by atoms with Crippen LogP contribution in [0.4, 0.5) is 62.6 Å². The number of anilines is 4. The summed E-state index contributed by atoms with van der Waals surface area (Å²) >= 11 is 1.12.